The lowest BCUT2D eigenvalue weighted by Gasteiger charge is -2.37. The van der Waals surface area contributed by atoms with E-state index >= 15 is 0 Å². The quantitative estimate of drug-likeness (QED) is 0.761. The topological polar surface area (TPSA) is 12.0 Å². The number of halogens is 1. The highest BCUT2D eigenvalue weighted by atomic mass is 127. The Morgan fingerprint density at radius 3 is 2.47 bits per heavy atom. The second kappa shape index (κ2) is 5.53. The van der Waals surface area contributed by atoms with Gasteiger partial charge in [0, 0.05) is 15.3 Å². The first-order valence-corrected chi connectivity index (χ1v) is 7.87. The van der Waals surface area contributed by atoms with Crippen molar-refractivity contribution < 1.29 is 0 Å². The molecular formula is C17H18IN. The van der Waals surface area contributed by atoms with Crippen LogP contribution in [0.5, 0.6) is 0 Å². The summed E-state index contributed by atoms with van der Waals surface area (Å²) < 4.78 is 1.29. The number of nitrogens with one attached hydrogen (secondary N) is 1. The highest BCUT2D eigenvalue weighted by Crippen LogP contribution is 2.38. The van der Waals surface area contributed by atoms with Gasteiger partial charge in [-0.2, -0.15) is 0 Å². The minimum absolute atomic E-state index is 0.629. The molecule has 0 aromatic heterocycles. The molecule has 1 aliphatic carbocycles. The van der Waals surface area contributed by atoms with E-state index in [0.29, 0.717) is 6.04 Å². The fraction of sp³-hybridized carbons (Fsp3) is 0.294. The highest BCUT2D eigenvalue weighted by Gasteiger charge is 2.29. The molecule has 0 bridgehead atoms. The Labute approximate surface area is 128 Å². The minimum Gasteiger partial charge on any atom is -0.382 e. The zero-order valence-electron chi connectivity index (χ0n) is 11.1. The van der Waals surface area contributed by atoms with Crippen molar-refractivity contribution in [3.63, 3.8) is 0 Å². The first kappa shape index (κ1) is 13.0. The van der Waals surface area contributed by atoms with Crippen LogP contribution in [-0.4, -0.2) is 6.04 Å². The van der Waals surface area contributed by atoms with E-state index in [0.717, 1.165) is 5.92 Å². The molecule has 2 heteroatoms. The Morgan fingerprint density at radius 2 is 1.79 bits per heavy atom. The van der Waals surface area contributed by atoms with Gasteiger partial charge < -0.3 is 5.32 Å². The summed E-state index contributed by atoms with van der Waals surface area (Å²) >= 11 is 2.36. The smallest absolute Gasteiger partial charge is 0.0352 e. The number of hydrogen-bond donors (Lipinski definition) is 1. The number of benzene rings is 2. The zero-order chi connectivity index (χ0) is 13.2. The van der Waals surface area contributed by atoms with Crippen LogP contribution in [-0.2, 0) is 0 Å². The predicted octanol–water partition coefficient (Wildman–Crippen LogP) is 4.96. The molecule has 0 heterocycles. The van der Waals surface area contributed by atoms with E-state index in [4.69, 9.17) is 0 Å². The lowest BCUT2D eigenvalue weighted by molar-refractivity contribution is 0.374. The van der Waals surface area contributed by atoms with Gasteiger partial charge in [0.15, 0.2) is 0 Å². The van der Waals surface area contributed by atoms with Crippen LogP contribution >= 0.6 is 22.6 Å². The molecule has 19 heavy (non-hydrogen) atoms. The molecule has 98 valence electrons. The van der Waals surface area contributed by atoms with Crippen LogP contribution in [0.3, 0.4) is 0 Å². The fourth-order valence-corrected chi connectivity index (χ4v) is 3.20. The van der Waals surface area contributed by atoms with E-state index in [1.54, 1.807) is 0 Å². The summed E-state index contributed by atoms with van der Waals surface area (Å²) in [5.74, 6) is 0.737. The van der Waals surface area contributed by atoms with E-state index in [2.05, 4.69) is 83.4 Å². The summed E-state index contributed by atoms with van der Waals surface area (Å²) in [7, 11) is 0. The van der Waals surface area contributed by atoms with Crippen LogP contribution in [0.2, 0.25) is 0 Å². The van der Waals surface area contributed by atoms with Crippen LogP contribution in [0.1, 0.15) is 29.9 Å². The second-order valence-electron chi connectivity index (χ2n) is 5.43. The molecule has 2 aromatic rings. The molecule has 2 aromatic carbocycles. The largest absolute Gasteiger partial charge is 0.382 e. The van der Waals surface area contributed by atoms with Gasteiger partial charge in [-0.15, -0.1) is 0 Å². The lowest BCUT2D eigenvalue weighted by atomic mass is 9.75. The molecule has 0 amide bonds. The molecule has 0 radical (unpaired) electrons. The van der Waals surface area contributed by atoms with E-state index in [1.165, 1.54) is 33.2 Å². The Kier molecular flexibility index (Phi) is 3.78. The molecule has 0 spiro atoms. The summed E-state index contributed by atoms with van der Waals surface area (Å²) in [5, 5.41) is 3.63. The SMILES string of the molecule is Cc1ccc(C2CC(Nc3cccc(I)c3)C2)cc1. The maximum Gasteiger partial charge on any atom is 0.0352 e. The summed E-state index contributed by atoms with van der Waals surface area (Å²) in [6.07, 6.45) is 2.49. The van der Waals surface area contributed by atoms with Gasteiger partial charge in [-0.05, 0) is 72.0 Å². The van der Waals surface area contributed by atoms with Crippen molar-refractivity contribution in [2.45, 2.75) is 31.7 Å². The van der Waals surface area contributed by atoms with Crippen LogP contribution in [0.15, 0.2) is 48.5 Å². The van der Waals surface area contributed by atoms with E-state index in [9.17, 15) is 0 Å². The van der Waals surface area contributed by atoms with Crippen molar-refractivity contribution in [2.24, 2.45) is 0 Å². The van der Waals surface area contributed by atoms with Crippen molar-refractivity contribution in [2.75, 3.05) is 5.32 Å². The number of aryl methyl sites for hydroxylation is 1. The highest BCUT2D eigenvalue weighted by molar-refractivity contribution is 14.1. The van der Waals surface area contributed by atoms with Gasteiger partial charge in [-0.1, -0.05) is 35.9 Å². The lowest BCUT2D eigenvalue weighted by Crippen LogP contribution is -2.33. The second-order valence-corrected chi connectivity index (χ2v) is 6.68. The summed E-state index contributed by atoms with van der Waals surface area (Å²) in [6, 6.07) is 18.2. The van der Waals surface area contributed by atoms with Gasteiger partial charge in [0.1, 0.15) is 0 Å². The number of rotatable bonds is 3. The molecule has 1 fully saturated rings. The predicted molar refractivity (Wildman–Crippen MR) is 89.7 cm³/mol. The molecule has 1 saturated carbocycles. The Hall–Kier alpha value is -1.03. The van der Waals surface area contributed by atoms with Crippen LogP contribution in [0, 0.1) is 10.5 Å². The van der Waals surface area contributed by atoms with E-state index < -0.39 is 0 Å². The molecule has 0 unspecified atom stereocenters. The molecule has 0 aliphatic heterocycles. The Bertz CT molecular complexity index is 556. The summed E-state index contributed by atoms with van der Waals surface area (Å²) in [4.78, 5) is 0. The first-order valence-electron chi connectivity index (χ1n) is 6.79. The van der Waals surface area contributed by atoms with Crippen molar-refractivity contribution in [1.29, 1.82) is 0 Å². The van der Waals surface area contributed by atoms with E-state index in [-0.39, 0.29) is 0 Å². The van der Waals surface area contributed by atoms with Crippen molar-refractivity contribution in [3.8, 4) is 0 Å². The third kappa shape index (κ3) is 3.11. The van der Waals surface area contributed by atoms with Gasteiger partial charge in [0.2, 0.25) is 0 Å². The molecule has 1 N–H and O–H groups in total. The first-order chi connectivity index (χ1) is 9.20. The third-order valence-corrected chi connectivity index (χ3v) is 4.55. The van der Waals surface area contributed by atoms with Gasteiger partial charge in [0.05, 0.1) is 0 Å². The molecule has 1 aliphatic rings. The van der Waals surface area contributed by atoms with Crippen LogP contribution in [0.4, 0.5) is 5.69 Å². The molecular weight excluding hydrogens is 345 g/mol. The monoisotopic (exact) mass is 363 g/mol. The summed E-state index contributed by atoms with van der Waals surface area (Å²) in [5.41, 5.74) is 4.09. The average molecular weight is 363 g/mol. The molecule has 0 atom stereocenters. The zero-order valence-corrected chi connectivity index (χ0v) is 13.2. The molecule has 1 nitrogen and oxygen atoms in total. The fourth-order valence-electron chi connectivity index (χ4n) is 2.66. The van der Waals surface area contributed by atoms with Gasteiger partial charge >= 0.3 is 0 Å². The molecule has 0 saturated heterocycles. The maximum atomic E-state index is 3.63. The van der Waals surface area contributed by atoms with Gasteiger partial charge in [-0.25, -0.2) is 0 Å². The standard InChI is InChI=1S/C17H18IN/c1-12-5-7-13(8-6-12)14-9-17(10-14)19-16-4-2-3-15(18)11-16/h2-8,11,14,17,19H,9-10H2,1H3. The number of hydrogen-bond acceptors (Lipinski definition) is 1. The minimum atomic E-state index is 0.629. The van der Waals surface area contributed by atoms with Crippen molar-refractivity contribution in [1.82, 2.24) is 0 Å². The van der Waals surface area contributed by atoms with Crippen LogP contribution in [0.25, 0.3) is 0 Å². The van der Waals surface area contributed by atoms with Gasteiger partial charge in [0.25, 0.3) is 0 Å². The van der Waals surface area contributed by atoms with Crippen molar-refractivity contribution >= 4 is 28.3 Å². The van der Waals surface area contributed by atoms with E-state index in [1.807, 2.05) is 0 Å². The third-order valence-electron chi connectivity index (χ3n) is 3.88. The maximum absolute atomic E-state index is 3.63. The normalized spacial score (nSPS) is 21.8. The van der Waals surface area contributed by atoms with Crippen LogP contribution < -0.4 is 5.32 Å². The van der Waals surface area contributed by atoms with Crippen molar-refractivity contribution in [3.05, 3.63) is 63.2 Å². The summed E-state index contributed by atoms with van der Waals surface area (Å²) in [6.45, 7) is 2.14. The Morgan fingerprint density at radius 1 is 1.05 bits per heavy atom. The average Bonchev–Trinajstić information content (AvgIpc) is 2.35. The van der Waals surface area contributed by atoms with Gasteiger partial charge in [-0.3, -0.25) is 0 Å². The number of anilines is 1. The Balaban J connectivity index is 1.57. The molecule has 3 rings (SSSR count).